The number of nitrogens with one attached hydrogen (secondary N) is 3. The lowest BCUT2D eigenvalue weighted by Gasteiger charge is -2.09. The van der Waals surface area contributed by atoms with Gasteiger partial charge < -0.3 is 4.98 Å². The lowest BCUT2D eigenvalue weighted by Crippen LogP contribution is -2.41. The van der Waals surface area contributed by atoms with Gasteiger partial charge in [0, 0.05) is 23.3 Å². The SMILES string of the molecule is Cc1c(C(=O)NNC(=O)c2c[nH]c3ccccc23)cnn1-c1ccc(C(F)(F)F)cn1. The van der Waals surface area contributed by atoms with E-state index in [1.807, 2.05) is 12.1 Å². The molecule has 0 saturated carbocycles. The fraction of sp³-hybridized carbons (Fsp3) is 0.100. The van der Waals surface area contributed by atoms with Gasteiger partial charge in [-0.05, 0) is 25.1 Å². The van der Waals surface area contributed by atoms with Gasteiger partial charge in [-0.1, -0.05) is 18.2 Å². The van der Waals surface area contributed by atoms with Crippen molar-refractivity contribution in [1.29, 1.82) is 0 Å². The molecule has 11 heteroatoms. The number of aromatic nitrogens is 4. The number of pyridine rings is 1. The lowest BCUT2D eigenvalue weighted by atomic mass is 10.2. The van der Waals surface area contributed by atoms with Gasteiger partial charge in [0.2, 0.25) is 0 Å². The second-order valence-corrected chi connectivity index (χ2v) is 6.61. The van der Waals surface area contributed by atoms with Crippen LogP contribution < -0.4 is 10.9 Å². The van der Waals surface area contributed by atoms with Crippen LogP contribution in [0.3, 0.4) is 0 Å². The van der Waals surface area contributed by atoms with Gasteiger partial charge >= 0.3 is 6.18 Å². The molecule has 3 aromatic heterocycles. The van der Waals surface area contributed by atoms with Crippen LogP contribution in [0, 0.1) is 6.92 Å². The summed E-state index contributed by atoms with van der Waals surface area (Å²) in [6.45, 7) is 1.56. The second-order valence-electron chi connectivity index (χ2n) is 6.61. The van der Waals surface area contributed by atoms with Gasteiger partial charge in [-0.3, -0.25) is 20.4 Å². The maximum Gasteiger partial charge on any atom is 0.417 e. The van der Waals surface area contributed by atoms with E-state index in [1.54, 1.807) is 19.1 Å². The molecule has 3 heterocycles. The van der Waals surface area contributed by atoms with Crippen LogP contribution in [0.25, 0.3) is 16.7 Å². The number of fused-ring (bicyclic) bond motifs is 1. The summed E-state index contributed by atoms with van der Waals surface area (Å²) in [5, 5.41) is 4.71. The molecular formula is C20H15F3N6O2. The minimum absolute atomic E-state index is 0.118. The second kappa shape index (κ2) is 7.59. The van der Waals surface area contributed by atoms with Crippen molar-refractivity contribution in [2.24, 2.45) is 0 Å². The summed E-state index contributed by atoms with van der Waals surface area (Å²) in [6.07, 6.45) is -1.04. The molecule has 4 aromatic rings. The molecule has 158 valence electrons. The molecule has 1 aromatic carbocycles. The molecule has 0 aliphatic carbocycles. The fourth-order valence-electron chi connectivity index (χ4n) is 3.05. The topological polar surface area (TPSA) is 105 Å². The maximum atomic E-state index is 12.7. The Labute approximate surface area is 173 Å². The average molecular weight is 428 g/mol. The Balaban J connectivity index is 1.47. The number of aromatic amines is 1. The zero-order valence-electron chi connectivity index (χ0n) is 16.0. The van der Waals surface area contributed by atoms with Crippen molar-refractivity contribution < 1.29 is 22.8 Å². The van der Waals surface area contributed by atoms with Gasteiger partial charge in [0.25, 0.3) is 11.8 Å². The summed E-state index contributed by atoms with van der Waals surface area (Å²) in [5.41, 5.74) is 5.36. The fourth-order valence-corrected chi connectivity index (χ4v) is 3.05. The van der Waals surface area contributed by atoms with Gasteiger partial charge in [0.15, 0.2) is 5.82 Å². The van der Waals surface area contributed by atoms with E-state index in [9.17, 15) is 22.8 Å². The van der Waals surface area contributed by atoms with Gasteiger partial charge in [-0.25, -0.2) is 9.67 Å². The van der Waals surface area contributed by atoms with Crippen LogP contribution in [0.1, 0.15) is 32.0 Å². The molecule has 31 heavy (non-hydrogen) atoms. The van der Waals surface area contributed by atoms with Crippen molar-refractivity contribution in [1.82, 2.24) is 30.6 Å². The standard InChI is InChI=1S/C20H15F3N6O2/c1-11-14(10-26-29(11)17-7-6-12(8-25-17)20(21,22)23)18(30)27-28-19(31)15-9-24-16-5-3-2-4-13(15)16/h2-10,24H,1H3,(H,27,30)(H,28,31). The van der Waals surface area contributed by atoms with Crippen LogP contribution in [0.2, 0.25) is 0 Å². The Morgan fingerprint density at radius 1 is 1.00 bits per heavy atom. The summed E-state index contributed by atoms with van der Waals surface area (Å²) >= 11 is 0. The van der Waals surface area contributed by atoms with Crippen LogP contribution in [0.5, 0.6) is 0 Å². The summed E-state index contributed by atoms with van der Waals surface area (Å²) in [5.74, 6) is -1.03. The first-order chi connectivity index (χ1) is 14.8. The molecule has 8 nitrogen and oxygen atoms in total. The van der Waals surface area contributed by atoms with Crippen molar-refractivity contribution in [3.8, 4) is 5.82 Å². The number of hydrazine groups is 1. The summed E-state index contributed by atoms with van der Waals surface area (Å²) in [7, 11) is 0. The lowest BCUT2D eigenvalue weighted by molar-refractivity contribution is -0.137. The minimum atomic E-state index is -4.50. The number of carbonyl (C=O) groups is 2. The largest absolute Gasteiger partial charge is 0.417 e. The quantitative estimate of drug-likeness (QED) is 0.436. The average Bonchev–Trinajstić information content (AvgIpc) is 3.35. The molecule has 0 radical (unpaired) electrons. The number of rotatable bonds is 3. The number of nitrogens with zero attached hydrogens (tertiary/aromatic N) is 3. The Hall–Kier alpha value is -4.15. The van der Waals surface area contributed by atoms with Crippen LogP contribution in [-0.4, -0.2) is 31.6 Å². The third-order valence-electron chi connectivity index (χ3n) is 4.67. The molecule has 0 spiro atoms. The number of amides is 2. The van der Waals surface area contributed by atoms with Gasteiger partial charge in [0.1, 0.15) is 0 Å². The Bertz CT molecular complexity index is 1270. The van der Waals surface area contributed by atoms with Gasteiger partial charge in [0.05, 0.1) is 28.6 Å². The van der Waals surface area contributed by atoms with Crippen molar-refractivity contribution in [2.75, 3.05) is 0 Å². The van der Waals surface area contributed by atoms with E-state index in [1.165, 1.54) is 17.1 Å². The number of benzene rings is 1. The molecule has 0 aliphatic rings. The first-order valence-corrected chi connectivity index (χ1v) is 9.01. The third kappa shape index (κ3) is 3.84. The summed E-state index contributed by atoms with van der Waals surface area (Å²) in [6, 6.07) is 9.24. The summed E-state index contributed by atoms with van der Waals surface area (Å²) < 4.78 is 39.3. The number of para-hydroxylation sites is 1. The highest BCUT2D eigenvalue weighted by Crippen LogP contribution is 2.28. The van der Waals surface area contributed by atoms with Crippen LogP contribution in [-0.2, 0) is 6.18 Å². The molecule has 0 bridgehead atoms. The van der Waals surface area contributed by atoms with E-state index in [4.69, 9.17) is 0 Å². The Morgan fingerprint density at radius 3 is 2.39 bits per heavy atom. The van der Waals surface area contributed by atoms with E-state index in [2.05, 4.69) is 25.9 Å². The van der Waals surface area contributed by atoms with E-state index < -0.39 is 23.6 Å². The number of carbonyl (C=O) groups excluding carboxylic acids is 2. The van der Waals surface area contributed by atoms with E-state index in [0.29, 0.717) is 22.8 Å². The molecule has 0 atom stereocenters. The Morgan fingerprint density at radius 2 is 1.71 bits per heavy atom. The van der Waals surface area contributed by atoms with E-state index in [0.717, 1.165) is 17.6 Å². The van der Waals surface area contributed by atoms with Crippen molar-refractivity contribution in [3.05, 3.63) is 77.4 Å². The van der Waals surface area contributed by atoms with Crippen molar-refractivity contribution in [3.63, 3.8) is 0 Å². The Kier molecular flexibility index (Phi) is 4.93. The molecule has 0 fully saturated rings. The highest BCUT2D eigenvalue weighted by Gasteiger charge is 2.30. The predicted octanol–water partition coefficient (Wildman–Crippen LogP) is 3.15. The first-order valence-electron chi connectivity index (χ1n) is 9.01. The van der Waals surface area contributed by atoms with Gasteiger partial charge in [-0.2, -0.15) is 18.3 Å². The highest BCUT2D eigenvalue weighted by molar-refractivity contribution is 6.07. The molecule has 0 aliphatic heterocycles. The number of halogens is 3. The van der Waals surface area contributed by atoms with E-state index in [-0.39, 0.29) is 11.4 Å². The predicted molar refractivity (Wildman–Crippen MR) is 104 cm³/mol. The normalized spacial score (nSPS) is 11.5. The highest BCUT2D eigenvalue weighted by atomic mass is 19.4. The summed E-state index contributed by atoms with van der Waals surface area (Å²) in [4.78, 5) is 31.6. The molecular weight excluding hydrogens is 413 g/mol. The molecule has 0 saturated heterocycles. The number of hydrogen-bond acceptors (Lipinski definition) is 4. The molecule has 2 amide bonds. The van der Waals surface area contributed by atoms with Crippen LogP contribution in [0.4, 0.5) is 13.2 Å². The van der Waals surface area contributed by atoms with Crippen LogP contribution >= 0.6 is 0 Å². The zero-order valence-corrected chi connectivity index (χ0v) is 16.0. The smallest absolute Gasteiger partial charge is 0.360 e. The van der Waals surface area contributed by atoms with Gasteiger partial charge in [-0.15, -0.1) is 0 Å². The van der Waals surface area contributed by atoms with Crippen molar-refractivity contribution in [2.45, 2.75) is 13.1 Å². The zero-order chi connectivity index (χ0) is 22.2. The molecule has 3 N–H and O–H groups in total. The number of H-pyrrole nitrogens is 1. The molecule has 0 unspecified atom stereocenters. The van der Waals surface area contributed by atoms with Crippen molar-refractivity contribution >= 4 is 22.7 Å². The number of hydrogen-bond donors (Lipinski definition) is 3. The number of alkyl halides is 3. The first kappa shape index (κ1) is 20.1. The maximum absolute atomic E-state index is 12.7. The third-order valence-corrected chi connectivity index (χ3v) is 4.67. The monoisotopic (exact) mass is 428 g/mol. The van der Waals surface area contributed by atoms with E-state index >= 15 is 0 Å². The molecule has 4 rings (SSSR count). The van der Waals surface area contributed by atoms with Crippen LogP contribution in [0.15, 0.2) is 55.0 Å². The minimum Gasteiger partial charge on any atom is -0.360 e.